The maximum Gasteiger partial charge on any atom is 0.433 e. The van der Waals surface area contributed by atoms with Crippen molar-refractivity contribution in [3.8, 4) is 16.2 Å². The van der Waals surface area contributed by atoms with Gasteiger partial charge in [-0.15, -0.1) is 11.3 Å². The highest BCUT2D eigenvalue weighted by Gasteiger charge is 2.46. The highest BCUT2D eigenvalue weighted by atomic mass is 32.1. The average molecular weight is 1050 g/mol. The first kappa shape index (κ1) is 55.8. The van der Waals surface area contributed by atoms with Crippen molar-refractivity contribution in [1.82, 2.24) is 25.8 Å². The number of ether oxygens (including phenoxy) is 2. The normalized spacial score (nSPS) is 19.7. The number of likely N-dealkylation sites (tertiary alicyclic amines) is 1. The number of aliphatic imine (C=N–C) groups is 1. The van der Waals surface area contributed by atoms with Crippen molar-refractivity contribution in [2.24, 2.45) is 22.1 Å². The largest absolute Gasteiger partial charge is 0.491 e. The van der Waals surface area contributed by atoms with Crippen LogP contribution in [-0.2, 0) is 52.8 Å². The molecule has 1 saturated heterocycles. The SMILES string of the molecule is Cc1ncsc1-c1ccc([C@H](C)NC(=O)[C@@H]2C[C@@H](O)CN2C(=O)[C@@H](NC(=O)CCc2cccc(OC[C@H](CCC(N)=O)NC(=O)[C@@H]3Cc4cccc5c4N3C(=O)C(/C=N/C(=O)OC(C)(C)C)CC5)c2)C(C)(C)C)cc1. The molecular weight excluding hydrogens is 977 g/mol. The fourth-order valence-corrected chi connectivity index (χ4v) is 10.6. The summed E-state index contributed by atoms with van der Waals surface area (Å²) in [5, 5.41) is 19.7. The molecule has 4 heterocycles. The van der Waals surface area contributed by atoms with Gasteiger partial charge in [0.05, 0.1) is 45.9 Å². The third-order valence-corrected chi connectivity index (χ3v) is 14.6. The molecule has 0 spiro atoms. The molecule has 1 unspecified atom stereocenters. The Bertz CT molecular complexity index is 2800. The molecule has 3 aromatic carbocycles. The maximum atomic E-state index is 14.3. The van der Waals surface area contributed by atoms with Gasteiger partial charge in [0, 0.05) is 38.4 Å². The van der Waals surface area contributed by atoms with E-state index in [1.807, 2.05) is 83.1 Å². The van der Waals surface area contributed by atoms with Crippen LogP contribution in [0.25, 0.3) is 10.4 Å². The van der Waals surface area contributed by atoms with Crippen molar-refractivity contribution in [3.63, 3.8) is 0 Å². The van der Waals surface area contributed by atoms with Crippen LogP contribution in [0.5, 0.6) is 5.75 Å². The van der Waals surface area contributed by atoms with Crippen LogP contribution in [0.1, 0.15) is 115 Å². The summed E-state index contributed by atoms with van der Waals surface area (Å²) in [5.41, 5.74) is 11.9. The second kappa shape index (κ2) is 23.7. The van der Waals surface area contributed by atoms with Gasteiger partial charge in [0.25, 0.3) is 0 Å². The smallest absolute Gasteiger partial charge is 0.433 e. The van der Waals surface area contributed by atoms with Crippen molar-refractivity contribution < 1.29 is 48.1 Å². The zero-order valence-corrected chi connectivity index (χ0v) is 44.8. The lowest BCUT2D eigenvalue weighted by Crippen LogP contribution is -2.57. The topological polar surface area (TPSA) is 252 Å². The summed E-state index contributed by atoms with van der Waals surface area (Å²) in [6, 6.07) is 16.7. The monoisotopic (exact) mass is 1050 g/mol. The zero-order chi connectivity index (χ0) is 54.4. The highest BCUT2D eigenvalue weighted by Crippen LogP contribution is 2.40. The van der Waals surface area contributed by atoms with Crippen molar-refractivity contribution >= 4 is 64.8 Å². The number of aryl methyl sites for hydroxylation is 3. The van der Waals surface area contributed by atoms with Gasteiger partial charge in [0.1, 0.15) is 36.1 Å². The fraction of sp³-hybridized carbons (Fsp3) is 0.482. The quantitative estimate of drug-likeness (QED) is 0.0715. The molecule has 18 nitrogen and oxygen atoms in total. The van der Waals surface area contributed by atoms with Crippen LogP contribution in [0.3, 0.4) is 0 Å². The second-order valence-corrected chi connectivity index (χ2v) is 22.7. The number of hydrogen-bond acceptors (Lipinski definition) is 12. The Morgan fingerprint density at radius 2 is 1.64 bits per heavy atom. The molecule has 75 heavy (non-hydrogen) atoms. The van der Waals surface area contributed by atoms with Crippen molar-refractivity contribution in [1.29, 1.82) is 0 Å². The van der Waals surface area contributed by atoms with Crippen LogP contribution < -0.4 is 31.3 Å². The first-order valence-corrected chi connectivity index (χ1v) is 26.4. The summed E-state index contributed by atoms with van der Waals surface area (Å²) in [4.78, 5) is 107. The Kier molecular flexibility index (Phi) is 17.6. The summed E-state index contributed by atoms with van der Waals surface area (Å²) in [5.74, 6) is -2.98. The van der Waals surface area contributed by atoms with Crippen molar-refractivity contribution in [3.05, 3.63) is 100 Å². The molecule has 7 amide bonds. The number of rotatable bonds is 18. The molecule has 7 atom stereocenters. The van der Waals surface area contributed by atoms with E-state index in [2.05, 4.69) is 25.9 Å². The van der Waals surface area contributed by atoms with E-state index in [0.717, 1.165) is 38.4 Å². The van der Waals surface area contributed by atoms with Gasteiger partial charge in [-0.05, 0) is 106 Å². The molecule has 3 aliphatic heterocycles. The highest BCUT2D eigenvalue weighted by molar-refractivity contribution is 7.13. The summed E-state index contributed by atoms with van der Waals surface area (Å²) in [6.45, 7) is 14.4. The Morgan fingerprint density at radius 1 is 0.933 bits per heavy atom. The predicted molar refractivity (Wildman–Crippen MR) is 285 cm³/mol. The molecule has 19 heteroatoms. The molecule has 7 rings (SSSR count). The van der Waals surface area contributed by atoms with Gasteiger partial charge in [0.15, 0.2) is 0 Å². The van der Waals surface area contributed by atoms with E-state index in [0.29, 0.717) is 24.3 Å². The van der Waals surface area contributed by atoms with Crippen LogP contribution in [0.15, 0.2) is 77.2 Å². The molecule has 0 saturated carbocycles. The van der Waals surface area contributed by atoms with Gasteiger partial charge in [-0.25, -0.2) is 9.78 Å². The van der Waals surface area contributed by atoms with E-state index >= 15 is 0 Å². The van der Waals surface area contributed by atoms with Crippen LogP contribution in [0.4, 0.5) is 10.5 Å². The van der Waals surface area contributed by atoms with Gasteiger partial charge in [-0.3, -0.25) is 33.7 Å². The third kappa shape index (κ3) is 14.2. The number of nitrogens with one attached hydrogen (secondary N) is 3. The Labute approximate surface area is 442 Å². The molecular formula is C56H70N8O10S. The lowest BCUT2D eigenvalue weighted by Gasteiger charge is -2.35. The van der Waals surface area contributed by atoms with Crippen LogP contribution in [-0.4, -0.2) is 112 Å². The van der Waals surface area contributed by atoms with E-state index < -0.39 is 76.9 Å². The number of amides is 7. The number of para-hydroxylation sites is 1. The second-order valence-electron chi connectivity index (χ2n) is 21.8. The summed E-state index contributed by atoms with van der Waals surface area (Å²) in [7, 11) is 0. The lowest BCUT2D eigenvalue weighted by atomic mass is 9.85. The van der Waals surface area contributed by atoms with Crippen LogP contribution in [0.2, 0.25) is 0 Å². The van der Waals surface area contributed by atoms with Gasteiger partial charge < -0.3 is 41.2 Å². The van der Waals surface area contributed by atoms with Crippen LogP contribution >= 0.6 is 11.3 Å². The molecule has 0 bridgehead atoms. The molecule has 4 aromatic rings. The Balaban J connectivity index is 0.953. The number of aliphatic hydroxyl groups is 1. The molecule has 3 aliphatic rings. The Hall–Kier alpha value is -6.99. The number of carbonyl (C=O) groups excluding carboxylic acids is 7. The van der Waals surface area contributed by atoms with E-state index in [9.17, 15) is 38.7 Å². The summed E-state index contributed by atoms with van der Waals surface area (Å²) < 4.78 is 11.5. The molecule has 1 fully saturated rings. The number of anilines is 1. The number of carbonyl (C=O) groups is 7. The molecule has 1 aromatic heterocycles. The molecule has 400 valence electrons. The maximum absolute atomic E-state index is 14.3. The van der Waals surface area contributed by atoms with Crippen molar-refractivity contribution in [2.45, 2.75) is 149 Å². The van der Waals surface area contributed by atoms with Gasteiger partial charge in [-0.1, -0.05) is 75.4 Å². The first-order valence-electron chi connectivity index (χ1n) is 25.6. The molecule has 6 N–H and O–H groups in total. The average Bonchev–Trinajstić information content (AvgIpc) is 4.06. The number of aromatic nitrogens is 1. The van der Waals surface area contributed by atoms with E-state index in [1.54, 1.807) is 55.8 Å². The number of nitrogens with zero attached hydrogens (tertiary/aromatic N) is 4. The van der Waals surface area contributed by atoms with E-state index in [1.165, 1.54) is 16.0 Å². The van der Waals surface area contributed by atoms with Gasteiger partial charge in [0.2, 0.25) is 35.4 Å². The van der Waals surface area contributed by atoms with E-state index in [-0.39, 0.29) is 69.5 Å². The minimum absolute atomic E-state index is 0.0143. The number of β-amino-alcohol motifs (C(OH)–C–C–N with tert-alkyl or cyclic N) is 1. The first-order chi connectivity index (χ1) is 35.4. The number of primary amides is 1. The van der Waals surface area contributed by atoms with Crippen LogP contribution in [0, 0.1) is 18.3 Å². The van der Waals surface area contributed by atoms with Crippen molar-refractivity contribution in [2.75, 3.05) is 18.1 Å². The molecule has 0 radical (unpaired) electrons. The zero-order valence-electron chi connectivity index (χ0n) is 44.0. The number of benzene rings is 3. The third-order valence-electron chi connectivity index (χ3n) is 13.6. The number of hydrogen-bond donors (Lipinski definition) is 5. The minimum Gasteiger partial charge on any atom is -0.491 e. The molecule has 0 aliphatic carbocycles. The predicted octanol–water partition coefficient (Wildman–Crippen LogP) is 6.08. The Morgan fingerprint density at radius 3 is 2.32 bits per heavy atom. The summed E-state index contributed by atoms with van der Waals surface area (Å²) in [6.07, 6.45) is 1.19. The fourth-order valence-electron chi connectivity index (χ4n) is 9.75. The van der Waals surface area contributed by atoms with E-state index in [4.69, 9.17) is 15.2 Å². The standard InChI is InChI=1S/C56H70N8O10S/c1-32(35-16-19-37(20-17-35)48-33(2)59-31-75-48)60-50(68)43-27-41(65)29-63(43)53(71)49(55(3,4)5)62-46(67)24-15-34-11-9-14-42(25-34)73-30-40(22-23-45(57)66)61-51(69)44-26-38-13-10-12-36-18-21-39(52(70)64(44)47(36)38)28-58-54(72)74-56(6,7)8/h9-14,16-17,19-20,25,28,31-32,39-41,43-44,49,65H,15,18,21-24,26-27,29-30H2,1-8H3,(H2,57,66)(H,60,68)(H,61,69)(H,62,67)/b58-28+/t32-,39?,40-,41+,43-,44-,49+/m0/s1. The van der Waals surface area contributed by atoms with Gasteiger partial charge >= 0.3 is 6.09 Å². The van der Waals surface area contributed by atoms with Gasteiger partial charge in [-0.2, -0.15) is 4.99 Å². The minimum atomic E-state index is -1.01. The number of aliphatic hydroxyl groups excluding tert-OH is 1. The number of thiazole rings is 1. The summed E-state index contributed by atoms with van der Waals surface area (Å²) >= 11 is 1.56. The lowest BCUT2D eigenvalue weighted by molar-refractivity contribution is -0.144. The number of nitrogens with two attached hydrogens (primary N) is 1.